The van der Waals surface area contributed by atoms with Crippen LogP contribution in [0.4, 0.5) is 13.2 Å². The molecule has 1 aromatic carbocycles. The molecule has 0 fully saturated rings. The van der Waals surface area contributed by atoms with Crippen molar-refractivity contribution in [2.24, 2.45) is 7.05 Å². The Morgan fingerprint density at radius 2 is 1.93 bits per heavy atom. The minimum Gasteiger partial charge on any atom is -0.389 e. The fourth-order valence-corrected chi connectivity index (χ4v) is 2.85. The van der Waals surface area contributed by atoms with Gasteiger partial charge in [-0.3, -0.25) is 4.68 Å². The molecule has 0 aliphatic carbocycles. The highest BCUT2D eigenvalue weighted by atomic mass is 19.3. The third kappa shape index (κ3) is 3.71. The molecule has 27 heavy (non-hydrogen) atoms. The molecule has 1 atom stereocenters. The van der Waals surface area contributed by atoms with E-state index >= 15 is 0 Å². The van der Waals surface area contributed by atoms with Gasteiger partial charge in [0.2, 0.25) is 0 Å². The first-order chi connectivity index (χ1) is 12.8. The van der Waals surface area contributed by atoms with Crippen LogP contribution in [0.5, 0.6) is 0 Å². The van der Waals surface area contributed by atoms with Crippen LogP contribution in [-0.2, 0) is 13.5 Å². The summed E-state index contributed by atoms with van der Waals surface area (Å²) in [5.74, 6) is -0.553. The highest BCUT2D eigenvalue weighted by Gasteiger charge is 2.21. The average molecular weight is 375 g/mol. The number of hydrogen-bond donors (Lipinski definition) is 1. The third-order valence-corrected chi connectivity index (χ3v) is 4.15. The Bertz CT molecular complexity index is 1020. The van der Waals surface area contributed by atoms with E-state index in [1.165, 1.54) is 34.5 Å². The monoisotopic (exact) mass is 375 g/mol. The Kier molecular flexibility index (Phi) is 5.01. The van der Waals surface area contributed by atoms with Crippen LogP contribution in [0.25, 0.3) is 5.69 Å². The van der Waals surface area contributed by atoms with E-state index in [9.17, 15) is 18.3 Å². The molecule has 3 aromatic rings. The minimum absolute atomic E-state index is 0.168. The molecule has 140 valence electrons. The fourth-order valence-electron chi connectivity index (χ4n) is 2.85. The maximum Gasteiger partial charge on any atom is 0.282 e. The number of benzene rings is 1. The standard InChI is InChI=1S/C18H16F3N5O/c1-10(27)15-5-11(19)3-4-17(15)26-14(8-16(24-26)18(20)21)7-13-6-12(9-22)23-25(13)2/h3-6,8,10,18,27H,7H2,1-2H3/t10-/m1/s1. The highest BCUT2D eigenvalue weighted by Crippen LogP contribution is 2.27. The maximum absolute atomic E-state index is 13.6. The van der Waals surface area contributed by atoms with Gasteiger partial charge in [-0.05, 0) is 37.3 Å². The predicted molar refractivity (Wildman–Crippen MR) is 89.8 cm³/mol. The Balaban J connectivity index is 2.13. The molecule has 0 amide bonds. The van der Waals surface area contributed by atoms with Gasteiger partial charge in [-0.25, -0.2) is 17.9 Å². The van der Waals surface area contributed by atoms with E-state index in [1.54, 1.807) is 13.1 Å². The van der Waals surface area contributed by atoms with Crippen LogP contribution < -0.4 is 0 Å². The Hall–Kier alpha value is -3.12. The summed E-state index contributed by atoms with van der Waals surface area (Å²) < 4.78 is 42.8. The summed E-state index contributed by atoms with van der Waals surface area (Å²) >= 11 is 0. The van der Waals surface area contributed by atoms with Gasteiger partial charge in [0.05, 0.1) is 17.5 Å². The third-order valence-electron chi connectivity index (χ3n) is 4.15. The maximum atomic E-state index is 13.6. The van der Waals surface area contributed by atoms with Crippen molar-refractivity contribution in [2.75, 3.05) is 0 Å². The number of halogens is 3. The molecule has 0 aliphatic rings. The van der Waals surface area contributed by atoms with Crippen molar-refractivity contribution in [2.45, 2.75) is 25.9 Å². The van der Waals surface area contributed by atoms with E-state index in [0.717, 1.165) is 6.07 Å². The van der Waals surface area contributed by atoms with Gasteiger partial charge in [0, 0.05) is 24.7 Å². The summed E-state index contributed by atoms with van der Waals surface area (Å²) in [6.07, 6.45) is -3.65. The van der Waals surface area contributed by atoms with Gasteiger partial charge in [0.15, 0.2) is 5.69 Å². The number of aliphatic hydroxyl groups is 1. The van der Waals surface area contributed by atoms with Crippen molar-refractivity contribution in [3.8, 4) is 11.8 Å². The van der Waals surface area contributed by atoms with Crippen molar-refractivity contribution in [1.82, 2.24) is 19.6 Å². The van der Waals surface area contributed by atoms with Gasteiger partial charge >= 0.3 is 0 Å². The topological polar surface area (TPSA) is 79.7 Å². The molecule has 0 aliphatic heterocycles. The van der Waals surface area contributed by atoms with Gasteiger partial charge in [0.1, 0.15) is 17.6 Å². The van der Waals surface area contributed by atoms with Crippen molar-refractivity contribution in [3.63, 3.8) is 0 Å². The van der Waals surface area contributed by atoms with Crippen LogP contribution in [0.3, 0.4) is 0 Å². The van der Waals surface area contributed by atoms with Gasteiger partial charge in [-0.15, -0.1) is 0 Å². The normalized spacial score (nSPS) is 12.4. The van der Waals surface area contributed by atoms with Crippen LogP contribution in [0.2, 0.25) is 0 Å². The first-order valence-electron chi connectivity index (χ1n) is 8.08. The number of nitrogens with zero attached hydrogens (tertiary/aromatic N) is 5. The van der Waals surface area contributed by atoms with Crippen molar-refractivity contribution >= 4 is 0 Å². The van der Waals surface area contributed by atoms with Gasteiger partial charge in [-0.2, -0.15) is 15.5 Å². The number of alkyl halides is 2. The summed E-state index contributed by atoms with van der Waals surface area (Å²) in [5, 5.41) is 26.9. The summed E-state index contributed by atoms with van der Waals surface area (Å²) in [7, 11) is 1.64. The first kappa shape index (κ1) is 18.7. The molecule has 2 heterocycles. The van der Waals surface area contributed by atoms with E-state index < -0.39 is 24.0 Å². The molecule has 0 saturated carbocycles. The molecule has 3 rings (SSSR count). The summed E-state index contributed by atoms with van der Waals surface area (Å²) in [6, 6.07) is 8.43. The molecule has 0 radical (unpaired) electrons. The van der Waals surface area contributed by atoms with Gasteiger partial charge in [0.25, 0.3) is 6.43 Å². The number of aryl methyl sites for hydroxylation is 1. The molecular formula is C18H16F3N5O. The second-order valence-electron chi connectivity index (χ2n) is 6.09. The quantitative estimate of drug-likeness (QED) is 0.743. The zero-order chi connectivity index (χ0) is 19.7. The molecule has 0 spiro atoms. The second-order valence-corrected chi connectivity index (χ2v) is 6.09. The fraction of sp³-hybridized carbons (Fsp3) is 0.278. The molecular weight excluding hydrogens is 359 g/mol. The lowest BCUT2D eigenvalue weighted by Crippen LogP contribution is -2.10. The van der Waals surface area contributed by atoms with Crippen molar-refractivity contribution in [3.05, 3.63) is 64.5 Å². The number of nitriles is 1. The number of hydrogen-bond acceptors (Lipinski definition) is 4. The lowest BCUT2D eigenvalue weighted by molar-refractivity contribution is 0.145. The summed E-state index contributed by atoms with van der Waals surface area (Å²) in [5.41, 5.74) is 1.31. The van der Waals surface area contributed by atoms with E-state index in [4.69, 9.17) is 5.26 Å². The molecule has 6 nitrogen and oxygen atoms in total. The largest absolute Gasteiger partial charge is 0.389 e. The smallest absolute Gasteiger partial charge is 0.282 e. The lowest BCUT2D eigenvalue weighted by atomic mass is 10.1. The number of aliphatic hydroxyl groups excluding tert-OH is 1. The second kappa shape index (κ2) is 7.25. The van der Waals surface area contributed by atoms with Crippen molar-refractivity contribution in [1.29, 1.82) is 5.26 Å². The van der Waals surface area contributed by atoms with Gasteiger partial charge < -0.3 is 5.11 Å². The van der Waals surface area contributed by atoms with E-state index in [0.29, 0.717) is 17.1 Å². The average Bonchev–Trinajstić information content (AvgIpc) is 3.19. The molecule has 2 aromatic heterocycles. The molecule has 0 saturated heterocycles. The van der Waals surface area contributed by atoms with Crippen molar-refractivity contribution < 1.29 is 18.3 Å². The molecule has 1 N–H and O–H groups in total. The zero-order valence-corrected chi connectivity index (χ0v) is 14.6. The zero-order valence-electron chi connectivity index (χ0n) is 14.6. The van der Waals surface area contributed by atoms with Crippen LogP contribution in [0.15, 0.2) is 30.3 Å². The molecule has 0 bridgehead atoms. The lowest BCUT2D eigenvalue weighted by Gasteiger charge is -2.15. The first-order valence-corrected chi connectivity index (χ1v) is 8.08. The predicted octanol–water partition coefficient (Wildman–Crippen LogP) is 3.20. The SMILES string of the molecule is C[C@@H](O)c1cc(F)ccc1-n1nc(C(F)F)cc1Cc1cc(C#N)nn1C. The molecule has 9 heteroatoms. The van der Waals surface area contributed by atoms with E-state index in [1.807, 2.05) is 6.07 Å². The van der Waals surface area contributed by atoms with Crippen LogP contribution in [0, 0.1) is 17.1 Å². The Morgan fingerprint density at radius 1 is 1.19 bits per heavy atom. The minimum atomic E-state index is -2.79. The molecule has 0 unspecified atom stereocenters. The number of aromatic nitrogens is 4. The van der Waals surface area contributed by atoms with Crippen LogP contribution in [-0.4, -0.2) is 24.7 Å². The van der Waals surface area contributed by atoms with Crippen LogP contribution >= 0.6 is 0 Å². The Morgan fingerprint density at radius 3 is 2.52 bits per heavy atom. The van der Waals surface area contributed by atoms with E-state index in [2.05, 4.69) is 10.2 Å². The van der Waals surface area contributed by atoms with E-state index in [-0.39, 0.29) is 17.7 Å². The van der Waals surface area contributed by atoms with Gasteiger partial charge in [-0.1, -0.05) is 0 Å². The Labute approximate surface area is 153 Å². The summed E-state index contributed by atoms with van der Waals surface area (Å²) in [4.78, 5) is 0. The summed E-state index contributed by atoms with van der Waals surface area (Å²) in [6.45, 7) is 1.45. The highest BCUT2D eigenvalue weighted by molar-refractivity contribution is 5.44. The van der Waals surface area contributed by atoms with Crippen LogP contribution in [0.1, 0.15) is 47.8 Å². The number of rotatable bonds is 5.